The second-order valence-corrected chi connectivity index (χ2v) is 4.97. The van der Waals surface area contributed by atoms with Crippen molar-refractivity contribution in [2.75, 3.05) is 6.61 Å². The van der Waals surface area contributed by atoms with Gasteiger partial charge in [0.25, 0.3) is 5.91 Å². The number of hydrogen-bond acceptors (Lipinski definition) is 2. The van der Waals surface area contributed by atoms with Crippen LogP contribution in [0.5, 0.6) is 0 Å². The Bertz CT molecular complexity index is 538. The number of carbonyl (C=O) groups is 1. The number of benzene rings is 1. The maximum atomic E-state index is 13.7. The lowest BCUT2D eigenvalue weighted by atomic mass is 9.93. The van der Waals surface area contributed by atoms with Crippen molar-refractivity contribution in [3.8, 4) is 0 Å². The largest absolute Gasteiger partial charge is 0.500 e. The first-order chi connectivity index (χ1) is 8.90. The molecule has 0 fully saturated rings. The van der Waals surface area contributed by atoms with Crippen LogP contribution < -0.4 is 5.32 Å². The smallest absolute Gasteiger partial charge is 0.251 e. The van der Waals surface area contributed by atoms with Crippen LogP contribution in [0.3, 0.4) is 0 Å². The second kappa shape index (κ2) is 4.99. The van der Waals surface area contributed by atoms with Gasteiger partial charge in [0.2, 0.25) is 0 Å². The summed E-state index contributed by atoms with van der Waals surface area (Å²) in [6, 6.07) is 3.32. The summed E-state index contributed by atoms with van der Waals surface area (Å²) in [7, 11) is 0. The van der Waals surface area contributed by atoms with E-state index >= 15 is 0 Å². The van der Waals surface area contributed by atoms with E-state index in [2.05, 4.69) is 5.32 Å². The van der Waals surface area contributed by atoms with Crippen LogP contribution in [0.2, 0.25) is 0 Å². The molecule has 102 valence electrons. The van der Waals surface area contributed by atoms with Crippen molar-refractivity contribution in [2.45, 2.75) is 25.8 Å². The molecule has 0 bridgehead atoms. The van der Waals surface area contributed by atoms with Gasteiger partial charge in [-0.05, 0) is 19.9 Å². The molecular formula is C14H15F2NO2. The molecule has 0 spiro atoms. The van der Waals surface area contributed by atoms with E-state index in [4.69, 9.17) is 4.74 Å². The maximum Gasteiger partial charge on any atom is 0.251 e. The molecule has 0 atom stereocenters. The molecule has 1 heterocycles. The number of halogens is 2. The van der Waals surface area contributed by atoms with Crippen LogP contribution in [-0.2, 0) is 15.1 Å². The third-order valence-electron chi connectivity index (χ3n) is 3.04. The monoisotopic (exact) mass is 267 g/mol. The SMILES string of the molecule is CC(C)(NC(=O)C1=COCC1)c1ccc(F)cc1F. The van der Waals surface area contributed by atoms with E-state index in [0.29, 0.717) is 18.6 Å². The second-order valence-electron chi connectivity index (χ2n) is 4.97. The van der Waals surface area contributed by atoms with E-state index in [-0.39, 0.29) is 11.5 Å². The van der Waals surface area contributed by atoms with E-state index in [1.807, 2.05) is 0 Å². The zero-order valence-electron chi connectivity index (χ0n) is 10.8. The van der Waals surface area contributed by atoms with Crippen LogP contribution >= 0.6 is 0 Å². The molecule has 0 aliphatic carbocycles. The quantitative estimate of drug-likeness (QED) is 0.914. The van der Waals surface area contributed by atoms with Gasteiger partial charge in [0.15, 0.2) is 0 Å². The Kier molecular flexibility index (Phi) is 3.55. The summed E-state index contributed by atoms with van der Waals surface area (Å²) < 4.78 is 31.6. The number of nitrogens with one attached hydrogen (secondary N) is 1. The minimum atomic E-state index is -0.932. The molecule has 1 aliphatic heterocycles. The lowest BCUT2D eigenvalue weighted by Crippen LogP contribution is -2.42. The highest BCUT2D eigenvalue weighted by Crippen LogP contribution is 2.24. The molecule has 1 aliphatic rings. The normalized spacial score (nSPS) is 14.8. The Morgan fingerprint density at radius 2 is 2.11 bits per heavy atom. The molecular weight excluding hydrogens is 252 g/mol. The van der Waals surface area contributed by atoms with E-state index in [1.165, 1.54) is 18.4 Å². The minimum absolute atomic E-state index is 0.238. The lowest BCUT2D eigenvalue weighted by molar-refractivity contribution is -0.119. The molecule has 0 radical (unpaired) electrons. The van der Waals surface area contributed by atoms with E-state index in [9.17, 15) is 13.6 Å². The molecule has 0 saturated heterocycles. The van der Waals surface area contributed by atoms with Gasteiger partial charge in [-0.25, -0.2) is 8.78 Å². The van der Waals surface area contributed by atoms with Crippen LogP contribution in [0.15, 0.2) is 30.0 Å². The highest BCUT2D eigenvalue weighted by molar-refractivity contribution is 5.94. The summed E-state index contributed by atoms with van der Waals surface area (Å²) >= 11 is 0. The first-order valence-corrected chi connectivity index (χ1v) is 5.99. The number of carbonyl (C=O) groups excluding carboxylic acids is 1. The number of ether oxygens (including phenoxy) is 1. The fraction of sp³-hybridized carbons (Fsp3) is 0.357. The highest BCUT2D eigenvalue weighted by Gasteiger charge is 2.28. The van der Waals surface area contributed by atoms with Gasteiger partial charge in [0, 0.05) is 18.1 Å². The van der Waals surface area contributed by atoms with E-state index in [1.54, 1.807) is 13.8 Å². The summed E-state index contributed by atoms with van der Waals surface area (Å²) in [5.41, 5.74) is -0.171. The average Bonchev–Trinajstić information content (AvgIpc) is 2.80. The lowest BCUT2D eigenvalue weighted by Gasteiger charge is -2.27. The van der Waals surface area contributed by atoms with Crippen molar-refractivity contribution in [2.24, 2.45) is 0 Å². The predicted molar refractivity (Wildman–Crippen MR) is 66.2 cm³/mol. The van der Waals surface area contributed by atoms with E-state index < -0.39 is 17.2 Å². The first kappa shape index (κ1) is 13.5. The molecule has 0 unspecified atom stereocenters. The molecule has 3 nitrogen and oxygen atoms in total. The van der Waals surface area contributed by atoms with Crippen molar-refractivity contribution >= 4 is 5.91 Å². The van der Waals surface area contributed by atoms with Gasteiger partial charge < -0.3 is 10.1 Å². The molecule has 0 saturated carbocycles. The zero-order chi connectivity index (χ0) is 14.0. The summed E-state index contributed by atoms with van der Waals surface area (Å²) in [4.78, 5) is 12.0. The number of amides is 1. The molecule has 1 N–H and O–H groups in total. The third-order valence-corrected chi connectivity index (χ3v) is 3.04. The van der Waals surface area contributed by atoms with Crippen LogP contribution in [0.25, 0.3) is 0 Å². The van der Waals surface area contributed by atoms with Gasteiger partial charge in [0.05, 0.1) is 24.0 Å². The van der Waals surface area contributed by atoms with Gasteiger partial charge in [-0.15, -0.1) is 0 Å². The summed E-state index contributed by atoms with van der Waals surface area (Å²) in [5, 5.41) is 2.73. The summed E-state index contributed by atoms with van der Waals surface area (Å²) in [6.07, 6.45) is 1.94. The van der Waals surface area contributed by atoms with Gasteiger partial charge in [-0.3, -0.25) is 4.79 Å². The van der Waals surface area contributed by atoms with Crippen molar-refractivity contribution in [1.82, 2.24) is 5.32 Å². The van der Waals surface area contributed by atoms with Crippen molar-refractivity contribution in [3.63, 3.8) is 0 Å². The third kappa shape index (κ3) is 2.92. The Morgan fingerprint density at radius 1 is 1.37 bits per heavy atom. The predicted octanol–water partition coefficient (Wildman–Crippen LogP) is 2.62. The summed E-state index contributed by atoms with van der Waals surface area (Å²) in [5.74, 6) is -1.62. The van der Waals surface area contributed by atoms with E-state index in [0.717, 1.165) is 6.07 Å². The first-order valence-electron chi connectivity index (χ1n) is 5.99. The van der Waals surface area contributed by atoms with Crippen LogP contribution in [0.1, 0.15) is 25.8 Å². The number of hydrogen-bond donors (Lipinski definition) is 1. The Balaban J connectivity index is 2.19. The number of rotatable bonds is 3. The maximum absolute atomic E-state index is 13.7. The van der Waals surface area contributed by atoms with Gasteiger partial charge >= 0.3 is 0 Å². The molecule has 0 aromatic heterocycles. The van der Waals surface area contributed by atoms with Crippen LogP contribution in [0.4, 0.5) is 8.78 Å². The van der Waals surface area contributed by atoms with Crippen LogP contribution in [0, 0.1) is 11.6 Å². The van der Waals surface area contributed by atoms with Crippen molar-refractivity contribution in [3.05, 3.63) is 47.2 Å². The average molecular weight is 267 g/mol. The molecule has 1 aromatic carbocycles. The molecule has 1 amide bonds. The van der Waals surface area contributed by atoms with Crippen molar-refractivity contribution < 1.29 is 18.3 Å². The molecule has 2 rings (SSSR count). The van der Waals surface area contributed by atoms with Crippen LogP contribution in [-0.4, -0.2) is 12.5 Å². The summed E-state index contributed by atoms with van der Waals surface area (Å²) in [6.45, 7) is 3.81. The molecule has 19 heavy (non-hydrogen) atoms. The fourth-order valence-electron chi connectivity index (χ4n) is 1.98. The highest BCUT2D eigenvalue weighted by atomic mass is 19.1. The van der Waals surface area contributed by atoms with Gasteiger partial charge in [-0.2, -0.15) is 0 Å². The van der Waals surface area contributed by atoms with Gasteiger partial charge in [-0.1, -0.05) is 6.07 Å². The molecule has 5 heteroatoms. The Hall–Kier alpha value is -1.91. The Labute approximate surface area is 110 Å². The van der Waals surface area contributed by atoms with Gasteiger partial charge in [0.1, 0.15) is 11.6 Å². The topological polar surface area (TPSA) is 38.3 Å². The van der Waals surface area contributed by atoms with Crippen molar-refractivity contribution in [1.29, 1.82) is 0 Å². The molecule has 1 aromatic rings. The fourth-order valence-corrected chi connectivity index (χ4v) is 1.98. The standard InChI is InChI=1S/C14H15F2NO2/c1-14(2,11-4-3-10(15)7-12(11)16)17-13(18)9-5-6-19-8-9/h3-4,7-8H,5-6H2,1-2H3,(H,17,18). The Morgan fingerprint density at radius 3 is 2.68 bits per heavy atom. The zero-order valence-corrected chi connectivity index (χ0v) is 10.8. The minimum Gasteiger partial charge on any atom is -0.500 e.